The van der Waals surface area contributed by atoms with E-state index in [4.69, 9.17) is 9.98 Å². The van der Waals surface area contributed by atoms with Crippen LogP contribution in [0.5, 0.6) is 0 Å². The van der Waals surface area contributed by atoms with Crippen LogP contribution in [0.1, 0.15) is 187 Å². The number of para-hydroxylation sites is 2. The van der Waals surface area contributed by atoms with Crippen molar-refractivity contribution in [1.29, 1.82) is 0 Å². The van der Waals surface area contributed by atoms with Gasteiger partial charge < -0.3 is 0 Å². The third-order valence-electron chi connectivity index (χ3n) is 9.34. The molecule has 0 aliphatic heterocycles. The average molecular weight is 641 g/mol. The molecule has 0 fully saturated rings. The first-order valence-corrected chi connectivity index (χ1v) is 20.3. The molecule has 2 rings (SSSR count). The van der Waals surface area contributed by atoms with E-state index in [0.29, 0.717) is 0 Å². The van der Waals surface area contributed by atoms with Crippen LogP contribution in [0.4, 0.5) is 11.4 Å². The Bertz CT molecular complexity index is 1040. The van der Waals surface area contributed by atoms with E-state index in [9.17, 15) is 0 Å². The largest absolute Gasteiger partial charge is 0.251 e. The van der Waals surface area contributed by atoms with Crippen LogP contribution in [0.2, 0.25) is 0 Å². The summed E-state index contributed by atoms with van der Waals surface area (Å²) >= 11 is 0. The van der Waals surface area contributed by atoms with Crippen LogP contribution in [-0.4, -0.2) is 11.4 Å². The van der Waals surface area contributed by atoms with Gasteiger partial charge in [-0.1, -0.05) is 204 Å². The van der Waals surface area contributed by atoms with Crippen LogP contribution >= 0.6 is 0 Å². The number of allylic oxidation sites excluding steroid dienone is 2. The molecule has 262 valence electrons. The lowest BCUT2D eigenvalue weighted by atomic mass is 10.0. The first-order chi connectivity index (χ1) is 23.3. The first-order valence-electron chi connectivity index (χ1n) is 20.3. The molecule has 0 atom stereocenters. The topological polar surface area (TPSA) is 24.7 Å². The summed E-state index contributed by atoms with van der Waals surface area (Å²) < 4.78 is 0. The van der Waals surface area contributed by atoms with Gasteiger partial charge in [0.1, 0.15) is 0 Å². The molecule has 0 heterocycles. The fraction of sp³-hybridized carbons (Fsp3) is 0.644. The maximum absolute atomic E-state index is 5.13. The maximum atomic E-state index is 5.13. The van der Waals surface area contributed by atoms with Gasteiger partial charge in [0.15, 0.2) is 0 Å². The molecule has 2 aromatic carbocycles. The fourth-order valence-corrected chi connectivity index (χ4v) is 6.35. The van der Waals surface area contributed by atoms with Gasteiger partial charge in [-0.2, -0.15) is 0 Å². The van der Waals surface area contributed by atoms with Gasteiger partial charge in [-0.25, -0.2) is 4.99 Å². The number of nitrogens with zero attached hydrogens (tertiary/aromatic N) is 2. The smallest absolute Gasteiger partial charge is 0.0848 e. The predicted octanol–water partition coefficient (Wildman–Crippen LogP) is 15.7. The van der Waals surface area contributed by atoms with E-state index in [1.807, 2.05) is 0 Å². The highest BCUT2D eigenvalue weighted by Gasteiger charge is 2.08. The molecule has 47 heavy (non-hydrogen) atoms. The minimum Gasteiger partial charge on any atom is -0.251 e. The Morgan fingerprint density at radius 2 is 0.787 bits per heavy atom. The second-order valence-corrected chi connectivity index (χ2v) is 13.8. The summed E-state index contributed by atoms with van der Waals surface area (Å²) in [5.41, 5.74) is 4.15. The Balaban J connectivity index is 1.67. The van der Waals surface area contributed by atoms with Crippen molar-refractivity contribution in [2.24, 2.45) is 9.98 Å². The molecule has 0 spiro atoms. The van der Waals surface area contributed by atoms with Crippen molar-refractivity contribution in [3.8, 4) is 0 Å². The molecule has 0 saturated heterocycles. The highest BCUT2D eigenvalue weighted by Crippen LogP contribution is 2.19. The second-order valence-electron chi connectivity index (χ2n) is 13.8. The molecule has 0 unspecified atom stereocenters. The Labute approximate surface area is 292 Å². The molecule has 0 amide bonds. The van der Waals surface area contributed by atoms with Crippen molar-refractivity contribution in [2.75, 3.05) is 0 Å². The van der Waals surface area contributed by atoms with Crippen LogP contribution in [0.15, 0.2) is 82.8 Å². The van der Waals surface area contributed by atoms with Gasteiger partial charge >= 0.3 is 0 Å². The molecule has 2 nitrogen and oxygen atoms in total. The number of rotatable bonds is 31. The lowest BCUT2D eigenvalue weighted by molar-refractivity contribution is 0.523. The Hall–Kier alpha value is -2.48. The standard InChI is InChI=1S/C45H72N2/c1-3-5-7-9-11-12-13-14-15-16-17-18-19-20-21-22-23-24-25-27-35-41-45(47-43-38-32-29-33-39-43)44(40-34-26-10-8-6-4-2)46-42-36-30-28-31-37-42/h28-33,35-39,41H,3-27,34,40H2,1-2H3/b41-35+,46-44?,47-45?. The molecule has 0 saturated carbocycles. The highest BCUT2D eigenvalue weighted by atomic mass is 14.8. The highest BCUT2D eigenvalue weighted by molar-refractivity contribution is 6.47. The molecule has 0 bridgehead atoms. The summed E-state index contributed by atoms with van der Waals surface area (Å²) in [5, 5.41) is 0. The van der Waals surface area contributed by atoms with Crippen LogP contribution < -0.4 is 0 Å². The van der Waals surface area contributed by atoms with E-state index >= 15 is 0 Å². The van der Waals surface area contributed by atoms with Crippen molar-refractivity contribution >= 4 is 22.8 Å². The molecule has 2 heteroatoms. The molecule has 0 N–H and O–H groups in total. The summed E-state index contributed by atoms with van der Waals surface area (Å²) in [6.07, 6.45) is 41.4. The summed E-state index contributed by atoms with van der Waals surface area (Å²) in [6, 6.07) is 20.8. The Kier molecular flexibility index (Phi) is 26.7. The van der Waals surface area contributed by atoms with E-state index < -0.39 is 0 Å². The van der Waals surface area contributed by atoms with Crippen LogP contribution in [0, 0.1) is 0 Å². The summed E-state index contributed by atoms with van der Waals surface area (Å²) in [4.78, 5) is 10.2. The zero-order valence-electron chi connectivity index (χ0n) is 30.9. The van der Waals surface area contributed by atoms with E-state index in [1.54, 1.807) is 0 Å². The third-order valence-corrected chi connectivity index (χ3v) is 9.34. The lowest BCUT2D eigenvalue weighted by Crippen LogP contribution is -2.12. The van der Waals surface area contributed by atoms with Gasteiger partial charge in [0, 0.05) is 0 Å². The molecule has 0 aromatic heterocycles. The SMILES string of the molecule is CCCCCCCCCCCCCCCCCCCCC/C=C/C(=Nc1ccccc1)C(CCCCCCCC)=Nc1ccccc1. The summed E-state index contributed by atoms with van der Waals surface area (Å²) in [6.45, 7) is 4.58. The molecule has 0 aliphatic carbocycles. The quantitative estimate of drug-likeness (QED) is 0.0579. The fourth-order valence-electron chi connectivity index (χ4n) is 6.35. The second kappa shape index (κ2) is 30.8. The van der Waals surface area contributed by atoms with Crippen molar-refractivity contribution in [3.63, 3.8) is 0 Å². The molecular formula is C45H72N2. The number of benzene rings is 2. The zero-order valence-corrected chi connectivity index (χ0v) is 30.9. The molecule has 2 aromatic rings. The van der Waals surface area contributed by atoms with Crippen LogP contribution in [-0.2, 0) is 0 Å². The number of aliphatic imine (C=N–C) groups is 2. The summed E-state index contributed by atoms with van der Waals surface area (Å²) in [5.74, 6) is 0. The molecule has 0 radical (unpaired) electrons. The van der Waals surface area contributed by atoms with Crippen LogP contribution in [0.3, 0.4) is 0 Å². The monoisotopic (exact) mass is 641 g/mol. The van der Waals surface area contributed by atoms with E-state index in [0.717, 1.165) is 42.1 Å². The van der Waals surface area contributed by atoms with Gasteiger partial charge in [-0.05, 0) is 56.0 Å². The van der Waals surface area contributed by atoms with Crippen LogP contribution in [0.25, 0.3) is 0 Å². The van der Waals surface area contributed by atoms with Crippen molar-refractivity contribution < 1.29 is 0 Å². The van der Waals surface area contributed by atoms with Gasteiger partial charge in [0.2, 0.25) is 0 Å². The van der Waals surface area contributed by atoms with E-state index in [1.165, 1.54) is 154 Å². The van der Waals surface area contributed by atoms with Gasteiger partial charge in [-0.15, -0.1) is 0 Å². The minimum absolute atomic E-state index is 0.969. The van der Waals surface area contributed by atoms with E-state index in [2.05, 4.69) is 86.7 Å². The minimum atomic E-state index is 0.969. The zero-order chi connectivity index (χ0) is 33.3. The van der Waals surface area contributed by atoms with Gasteiger partial charge in [0.05, 0.1) is 22.8 Å². The number of unbranched alkanes of at least 4 members (excludes halogenated alkanes) is 24. The number of hydrogen-bond acceptors (Lipinski definition) is 2. The maximum Gasteiger partial charge on any atom is 0.0848 e. The average Bonchev–Trinajstić information content (AvgIpc) is 3.10. The Morgan fingerprint density at radius 1 is 0.426 bits per heavy atom. The number of hydrogen-bond donors (Lipinski definition) is 0. The third kappa shape index (κ3) is 23.5. The van der Waals surface area contributed by atoms with Crippen molar-refractivity contribution in [1.82, 2.24) is 0 Å². The van der Waals surface area contributed by atoms with Gasteiger partial charge in [-0.3, -0.25) is 4.99 Å². The summed E-state index contributed by atoms with van der Waals surface area (Å²) in [7, 11) is 0. The van der Waals surface area contributed by atoms with Crippen molar-refractivity contribution in [2.45, 2.75) is 187 Å². The first kappa shape index (κ1) is 40.7. The van der Waals surface area contributed by atoms with E-state index in [-0.39, 0.29) is 0 Å². The lowest BCUT2D eigenvalue weighted by Gasteiger charge is -2.09. The van der Waals surface area contributed by atoms with Gasteiger partial charge in [0.25, 0.3) is 0 Å². The Morgan fingerprint density at radius 3 is 1.21 bits per heavy atom. The normalized spacial score (nSPS) is 12.4. The molecular weight excluding hydrogens is 569 g/mol. The molecule has 0 aliphatic rings. The predicted molar refractivity (Wildman–Crippen MR) is 212 cm³/mol. The van der Waals surface area contributed by atoms with Crippen molar-refractivity contribution in [3.05, 3.63) is 72.8 Å².